The summed E-state index contributed by atoms with van der Waals surface area (Å²) >= 11 is 0. The Bertz CT molecular complexity index is 895. The fourth-order valence-electron chi connectivity index (χ4n) is 3.70. The quantitative estimate of drug-likeness (QED) is 0.619. The van der Waals surface area contributed by atoms with Gasteiger partial charge in [-0.1, -0.05) is 0 Å². The number of imidazole rings is 1. The van der Waals surface area contributed by atoms with Crippen LogP contribution in [-0.2, 0) is 13.0 Å². The fraction of sp³-hybridized carbons (Fsp3) is 0.500. The van der Waals surface area contributed by atoms with Gasteiger partial charge in [-0.2, -0.15) is 0 Å². The minimum atomic E-state index is -0.298. The van der Waals surface area contributed by atoms with E-state index in [0.717, 1.165) is 36.0 Å². The molecule has 0 amide bonds. The van der Waals surface area contributed by atoms with E-state index in [2.05, 4.69) is 25.6 Å². The molecule has 1 saturated heterocycles. The number of anilines is 1. The molecule has 9 heteroatoms. The first-order valence-electron chi connectivity index (χ1n) is 8.45. The van der Waals surface area contributed by atoms with Crippen molar-refractivity contribution in [2.75, 3.05) is 18.9 Å². The number of hydrogen-bond donors (Lipinski definition) is 3. The average molecular weight is 343 g/mol. The molecule has 0 spiro atoms. The number of fused-ring (bicyclic) bond motifs is 1. The van der Waals surface area contributed by atoms with Gasteiger partial charge in [0.25, 0.3) is 0 Å². The van der Waals surface area contributed by atoms with E-state index in [1.54, 1.807) is 6.20 Å². The van der Waals surface area contributed by atoms with Crippen molar-refractivity contribution in [1.82, 2.24) is 30.2 Å². The van der Waals surface area contributed by atoms with Crippen LogP contribution in [0.3, 0.4) is 0 Å². The molecule has 0 bridgehead atoms. The van der Waals surface area contributed by atoms with Crippen LogP contribution in [0, 0.1) is 0 Å². The van der Waals surface area contributed by atoms with Gasteiger partial charge in [0.15, 0.2) is 17.3 Å². The highest BCUT2D eigenvalue weighted by atomic mass is 16.6. The first-order chi connectivity index (χ1) is 12.2. The topological polar surface area (TPSA) is 128 Å². The number of rotatable bonds is 5. The smallest absolute Gasteiger partial charge is 0.199 e. The third-order valence-electron chi connectivity index (χ3n) is 4.93. The highest BCUT2D eigenvalue weighted by molar-refractivity contribution is 5.83. The van der Waals surface area contributed by atoms with Gasteiger partial charge in [-0.25, -0.2) is 9.61 Å². The molecule has 132 valence electrons. The number of aromatic nitrogens is 5. The predicted octanol–water partition coefficient (Wildman–Crippen LogP) is 0.740. The van der Waals surface area contributed by atoms with Crippen LogP contribution in [-0.4, -0.2) is 48.6 Å². The van der Waals surface area contributed by atoms with Crippen molar-refractivity contribution in [3.8, 4) is 11.5 Å². The summed E-state index contributed by atoms with van der Waals surface area (Å²) in [6, 6.07) is 0. The summed E-state index contributed by atoms with van der Waals surface area (Å²) in [5.74, 6) is 0.826. The van der Waals surface area contributed by atoms with E-state index in [4.69, 9.17) is 10.4 Å². The maximum absolute atomic E-state index is 9.92. The van der Waals surface area contributed by atoms with Gasteiger partial charge in [0.2, 0.25) is 0 Å². The molecule has 9 nitrogen and oxygen atoms in total. The summed E-state index contributed by atoms with van der Waals surface area (Å²) in [5.41, 5.74) is 8.77. The number of nitrogens with zero attached hydrogens (tertiary/aromatic N) is 5. The Kier molecular flexibility index (Phi) is 3.89. The molecule has 0 saturated carbocycles. The molecule has 0 aliphatic carbocycles. The number of aryl methyl sites for hydroxylation is 1. The molecule has 4 rings (SSSR count). The highest BCUT2D eigenvalue weighted by Gasteiger charge is 2.34. The lowest BCUT2D eigenvalue weighted by Gasteiger charge is -2.27. The molecule has 25 heavy (non-hydrogen) atoms. The second-order valence-electron chi connectivity index (χ2n) is 6.49. The lowest BCUT2D eigenvalue weighted by molar-refractivity contribution is 0.177. The van der Waals surface area contributed by atoms with Crippen molar-refractivity contribution < 1.29 is 9.74 Å². The van der Waals surface area contributed by atoms with E-state index in [1.807, 2.05) is 17.7 Å². The molecule has 0 aromatic carbocycles. The van der Waals surface area contributed by atoms with E-state index < -0.39 is 0 Å². The van der Waals surface area contributed by atoms with Crippen LogP contribution < -0.4 is 11.1 Å². The monoisotopic (exact) mass is 343 g/mol. The lowest BCUT2D eigenvalue weighted by atomic mass is 9.90. The van der Waals surface area contributed by atoms with Gasteiger partial charge in [0.1, 0.15) is 5.52 Å². The number of pyridine rings is 1. The van der Waals surface area contributed by atoms with Crippen molar-refractivity contribution in [2.45, 2.75) is 38.3 Å². The molecule has 1 aliphatic heterocycles. The molecule has 1 fully saturated rings. The van der Waals surface area contributed by atoms with Crippen LogP contribution in [0.25, 0.3) is 22.6 Å². The molecule has 0 radical (unpaired) electrons. The van der Waals surface area contributed by atoms with E-state index >= 15 is 0 Å². The summed E-state index contributed by atoms with van der Waals surface area (Å²) in [4.78, 5) is 8.98. The number of aliphatic hydroxyl groups is 1. The molecule has 0 unspecified atom stereocenters. The Morgan fingerprint density at radius 2 is 2.28 bits per heavy atom. The molecular weight excluding hydrogens is 322 g/mol. The number of aliphatic hydroxyl groups excluding tert-OH is 1. The van der Waals surface area contributed by atoms with Crippen molar-refractivity contribution in [3.05, 3.63) is 18.0 Å². The summed E-state index contributed by atoms with van der Waals surface area (Å²) in [7, 11) is 0. The lowest BCUT2D eigenvalue weighted by Crippen LogP contribution is -2.45. The minimum Gasteiger partial charge on any atom is -0.394 e. The summed E-state index contributed by atoms with van der Waals surface area (Å²) in [5, 5.41) is 20.9. The van der Waals surface area contributed by atoms with E-state index in [-0.39, 0.29) is 18.0 Å². The first-order valence-corrected chi connectivity index (χ1v) is 8.45. The van der Waals surface area contributed by atoms with Crippen LogP contribution in [0.2, 0.25) is 0 Å². The Morgan fingerprint density at radius 1 is 1.40 bits per heavy atom. The molecule has 1 atom stereocenters. The van der Waals surface area contributed by atoms with Crippen LogP contribution >= 0.6 is 0 Å². The average Bonchev–Trinajstić information content (AvgIpc) is 3.33. The van der Waals surface area contributed by atoms with Gasteiger partial charge in [-0.15, -0.1) is 0 Å². The highest BCUT2D eigenvalue weighted by Crippen LogP contribution is 2.31. The summed E-state index contributed by atoms with van der Waals surface area (Å²) < 4.78 is 6.77. The molecule has 1 aliphatic rings. The zero-order valence-corrected chi connectivity index (χ0v) is 14.1. The summed E-state index contributed by atoms with van der Waals surface area (Å²) in [6.45, 7) is 3.74. The second-order valence-corrected chi connectivity index (χ2v) is 6.49. The Hall–Kier alpha value is -2.52. The van der Waals surface area contributed by atoms with Crippen molar-refractivity contribution in [3.63, 3.8) is 0 Å². The second kappa shape index (κ2) is 6.08. The minimum absolute atomic E-state index is 0.0939. The third-order valence-corrected chi connectivity index (χ3v) is 4.93. The van der Waals surface area contributed by atoms with Crippen molar-refractivity contribution >= 4 is 16.9 Å². The van der Waals surface area contributed by atoms with Crippen molar-refractivity contribution in [1.29, 1.82) is 0 Å². The van der Waals surface area contributed by atoms with Crippen molar-refractivity contribution in [2.24, 2.45) is 0 Å². The van der Waals surface area contributed by atoms with Crippen LogP contribution in [0.15, 0.2) is 17.0 Å². The van der Waals surface area contributed by atoms with Gasteiger partial charge in [-0.3, -0.25) is 4.98 Å². The van der Waals surface area contributed by atoms with Crippen LogP contribution in [0.5, 0.6) is 0 Å². The zero-order valence-electron chi connectivity index (χ0n) is 14.1. The third kappa shape index (κ3) is 2.56. The van der Waals surface area contributed by atoms with Gasteiger partial charge < -0.3 is 20.7 Å². The maximum atomic E-state index is 9.92. The fourth-order valence-corrected chi connectivity index (χ4v) is 3.70. The standard InChI is InChI=1S/C16H21N7O2/c1-2-23-13-10(6-16(9-24)4-3-5-19-16)7-18-8-11(13)20-15(23)12-14(17)22-25-21-12/h7-8,19,24H,2-6,9H2,1H3,(H2,17,22)/t16-/m0/s1. The Labute approximate surface area is 144 Å². The van der Waals surface area contributed by atoms with Gasteiger partial charge in [0.05, 0.1) is 18.3 Å². The van der Waals surface area contributed by atoms with E-state index in [0.29, 0.717) is 24.5 Å². The molecular formula is C16H21N7O2. The van der Waals surface area contributed by atoms with Gasteiger partial charge >= 0.3 is 0 Å². The summed E-state index contributed by atoms with van der Waals surface area (Å²) in [6.07, 6.45) is 6.26. The Balaban J connectivity index is 1.86. The molecule has 4 N–H and O–H groups in total. The van der Waals surface area contributed by atoms with Crippen LogP contribution in [0.1, 0.15) is 25.3 Å². The maximum Gasteiger partial charge on any atom is 0.199 e. The normalized spacial score (nSPS) is 20.6. The predicted molar refractivity (Wildman–Crippen MR) is 91.7 cm³/mol. The zero-order chi connectivity index (χ0) is 17.4. The van der Waals surface area contributed by atoms with Gasteiger partial charge in [-0.05, 0) is 48.6 Å². The number of nitrogens with two attached hydrogens (primary N) is 1. The molecule has 4 heterocycles. The SMILES string of the molecule is CCn1c(-c2nonc2N)nc2cncc(C[C@]3(CO)CCCN3)c21. The van der Waals surface area contributed by atoms with Gasteiger partial charge in [0, 0.05) is 18.3 Å². The largest absolute Gasteiger partial charge is 0.394 e. The number of hydrogen-bond acceptors (Lipinski definition) is 8. The molecule has 3 aromatic heterocycles. The Morgan fingerprint density at radius 3 is 2.92 bits per heavy atom. The van der Waals surface area contributed by atoms with E-state index in [9.17, 15) is 5.11 Å². The first kappa shape index (κ1) is 16.0. The van der Waals surface area contributed by atoms with E-state index in [1.165, 1.54) is 0 Å². The number of nitrogens with one attached hydrogen (secondary N) is 1. The molecule has 3 aromatic rings. The van der Waals surface area contributed by atoms with Crippen LogP contribution in [0.4, 0.5) is 5.82 Å². The number of nitrogen functional groups attached to an aromatic ring is 1.